The molecule has 0 saturated carbocycles. The predicted octanol–water partition coefficient (Wildman–Crippen LogP) is 3.98. The van der Waals surface area contributed by atoms with Crippen LogP contribution in [0.5, 0.6) is 5.75 Å². The van der Waals surface area contributed by atoms with Gasteiger partial charge in [0.15, 0.2) is 0 Å². The fourth-order valence-electron chi connectivity index (χ4n) is 2.41. The summed E-state index contributed by atoms with van der Waals surface area (Å²) in [5.74, 6) is 0.820. The smallest absolute Gasteiger partial charge is 0.122 e. The van der Waals surface area contributed by atoms with Crippen molar-refractivity contribution in [2.45, 2.75) is 19.3 Å². The Morgan fingerprint density at radius 1 is 1.20 bits per heavy atom. The molecule has 0 bridgehead atoms. The van der Waals surface area contributed by atoms with Gasteiger partial charge in [0.25, 0.3) is 0 Å². The molecule has 0 amide bonds. The van der Waals surface area contributed by atoms with E-state index in [0.717, 1.165) is 16.9 Å². The van der Waals surface area contributed by atoms with Crippen molar-refractivity contribution < 1.29 is 9.84 Å². The highest BCUT2D eigenvalue weighted by Crippen LogP contribution is 2.30. The zero-order valence-corrected chi connectivity index (χ0v) is 12.5. The van der Waals surface area contributed by atoms with Crippen LogP contribution in [0.3, 0.4) is 0 Å². The molecule has 0 heterocycles. The molecule has 0 saturated heterocycles. The summed E-state index contributed by atoms with van der Waals surface area (Å²) in [6.07, 6.45) is 0.699. The van der Waals surface area contributed by atoms with E-state index < -0.39 is 0 Å². The quantitative estimate of drug-likeness (QED) is 0.903. The van der Waals surface area contributed by atoms with Gasteiger partial charge >= 0.3 is 0 Å². The highest BCUT2D eigenvalue weighted by Gasteiger charge is 2.16. The van der Waals surface area contributed by atoms with Gasteiger partial charge in [0, 0.05) is 10.9 Å². The molecule has 3 heteroatoms. The Labute approximate surface area is 125 Å². The zero-order valence-electron chi connectivity index (χ0n) is 11.8. The average Bonchev–Trinajstić information content (AvgIpc) is 2.46. The Balaban J connectivity index is 2.31. The van der Waals surface area contributed by atoms with Gasteiger partial charge in [0.1, 0.15) is 5.75 Å². The van der Waals surface area contributed by atoms with Crippen molar-refractivity contribution in [3.63, 3.8) is 0 Å². The Bertz CT molecular complexity index is 581. The minimum Gasteiger partial charge on any atom is -0.496 e. The van der Waals surface area contributed by atoms with Crippen molar-refractivity contribution in [1.29, 1.82) is 0 Å². The first-order valence-corrected chi connectivity index (χ1v) is 7.02. The van der Waals surface area contributed by atoms with Crippen molar-refractivity contribution >= 4 is 11.6 Å². The molecule has 0 spiro atoms. The van der Waals surface area contributed by atoms with Crippen LogP contribution in [0.2, 0.25) is 5.02 Å². The van der Waals surface area contributed by atoms with Crippen molar-refractivity contribution in [3.05, 3.63) is 64.2 Å². The molecule has 1 atom stereocenters. The summed E-state index contributed by atoms with van der Waals surface area (Å²) in [4.78, 5) is 0. The number of ether oxygens (including phenoxy) is 1. The van der Waals surface area contributed by atoms with E-state index in [2.05, 4.69) is 6.07 Å². The lowest BCUT2D eigenvalue weighted by molar-refractivity contribution is 0.263. The molecule has 1 N–H and O–H groups in total. The van der Waals surface area contributed by atoms with Crippen LogP contribution in [0.1, 0.15) is 22.6 Å². The Morgan fingerprint density at radius 2 is 1.95 bits per heavy atom. The van der Waals surface area contributed by atoms with E-state index in [-0.39, 0.29) is 12.5 Å². The third kappa shape index (κ3) is 3.33. The molecule has 0 aromatic heterocycles. The van der Waals surface area contributed by atoms with E-state index in [1.54, 1.807) is 7.11 Å². The minimum absolute atomic E-state index is 0.0283. The molecule has 0 aliphatic rings. The lowest BCUT2D eigenvalue weighted by Crippen LogP contribution is -2.09. The lowest BCUT2D eigenvalue weighted by atomic mass is 9.91. The summed E-state index contributed by atoms with van der Waals surface area (Å²) in [5, 5.41) is 10.4. The van der Waals surface area contributed by atoms with Crippen LogP contribution < -0.4 is 4.74 Å². The SMILES string of the molecule is COc1ccc(C)cc1CC(CO)c1ccccc1Cl. The largest absolute Gasteiger partial charge is 0.496 e. The highest BCUT2D eigenvalue weighted by atomic mass is 35.5. The predicted molar refractivity (Wildman–Crippen MR) is 82.7 cm³/mol. The number of rotatable bonds is 5. The first kappa shape index (κ1) is 14.9. The summed E-state index contributed by atoms with van der Waals surface area (Å²) in [5.41, 5.74) is 3.24. The third-order valence-electron chi connectivity index (χ3n) is 3.47. The monoisotopic (exact) mass is 290 g/mol. The van der Waals surface area contributed by atoms with Gasteiger partial charge in [-0.2, -0.15) is 0 Å². The standard InChI is InChI=1S/C17H19ClO2/c1-12-7-8-17(20-2)13(9-12)10-14(11-19)15-5-3-4-6-16(15)18/h3-9,14,19H,10-11H2,1-2H3. The number of hydrogen-bond donors (Lipinski definition) is 1. The fraction of sp³-hybridized carbons (Fsp3) is 0.294. The average molecular weight is 291 g/mol. The van der Waals surface area contributed by atoms with Gasteiger partial charge in [0.05, 0.1) is 13.7 Å². The maximum absolute atomic E-state index is 9.70. The number of halogens is 1. The first-order chi connectivity index (χ1) is 9.65. The second-order valence-electron chi connectivity index (χ2n) is 4.92. The van der Waals surface area contributed by atoms with Crippen LogP contribution in [0.4, 0.5) is 0 Å². The number of aliphatic hydroxyl groups is 1. The van der Waals surface area contributed by atoms with Gasteiger partial charge in [-0.1, -0.05) is 47.5 Å². The van der Waals surface area contributed by atoms with E-state index in [4.69, 9.17) is 16.3 Å². The topological polar surface area (TPSA) is 29.5 Å². The molecule has 2 aromatic rings. The molecule has 2 nitrogen and oxygen atoms in total. The van der Waals surface area contributed by atoms with E-state index in [1.807, 2.05) is 43.3 Å². The molecule has 106 valence electrons. The summed E-state index contributed by atoms with van der Waals surface area (Å²) in [6.45, 7) is 2.10. The zero-order chi connectivity index (χ0) is 14.5. The fourth-order valence-corrected chi connectivity index (χ4v) is 2.70. The van der Waals surface area contributed by atoms with Gasteiger partial charge < -0.3 is 9.84 Å². The van der Waals surface area contributed by atoms with E-state index >= 15 is 0 Å². The summed E-state index contributed by atoms with van der Waals surface area (Å²) < 4.78 is 5.40. The molecular weight excluding hydrogens is 272 g/mol. The number of aryl methyl sites for hydroxylation is 1. The van der Waals surface area contributed by atoms with E-state index in [1.165, 1.54) is 5.56 Å². The number of hydrogen-bond acceptors (Lipinski definition) is 2. The highest BCUT2D eigenvalue weighted by molar-refractivity contribution is 6.31. The number of methoxy groups -OCH3 is 1. The summed E-state index contributed by atoms with van der Waals surface area (Å²) in [7, 11) is 1.66. The Morgan fingerprint density at radius 3 is 2.60 bits per heavy atom. The van der Waals surface area contributed by atoms with Gasteiger partial charge in [0.2, 0.25) is 0 Å². The molecule has 0 aliphatic carbocycles. The second kappa shape index (κ2) is 6.78. The van der Waals surface area contributed by atoms with Crippen molar-refractivity contribution in [2.24, 2.45) is 0 Å². The van der Waals surface area contributed by atoms with Gasteiger partial charge in [-0.05, 0) is 36.6 Å². The van der Waals surface area contributed by atoms with Crippen molar-refractivity contribution in [2.75, 3.05) is 13.7 Å². The molecule has 0 fully saturated rings. The second-order valence-corrected chi connectivity index (χ2v) is 5.33. The van der Waals surface area contributed by atoms with Crippen LogP contribution in [-0.2, 0) is 6.42 Å². The molecule has 2 aromatic carbocycles. The maximum atomic E-state index is 9.70. The maximum Gasteiger partial charge on any atom is 0.122 e. The summed E-state index contributed by atoms with van der Waals surface area (Å²) in [6, 6.07) is 13.7. The van der Waals surface area contributed by atoms with E-state index in [9.17, 15) is 5.11 Å². The van der Waals surface area contributed by atoms with Crippen LogP contribution in [0.15, 0.2) is 42.5 Å². The molecule has 20 heavy (non-hydrogen) atoms. The number of benzene rings is 2. The molecule has 2 rings (SSSR count). The van der Waals surface area contributed by atoms with Gasteiger partial charge in [-0.3, -0.25) is 0 Å². The van der Waals surface area contributed by atoms with Crippen molar-refractivity contribution in [3.8, 4) is 5.75 Å². The van der Waals surface area contributed by atoms with E-state index in [0.29, 0.717) is 11.4 Å². The molecule has 0 aliphatic heterocycles. The van der Waals surface area contributed by atoms with Crippen LogP contribution >= 0.6 is 11.6 Å². The molecule has 0 radical (unpaired) electrons. The lowest BCUT2D eigenvalue weighted by Gasteiger charge is -2.18. The van der Waals surface area contributed by atoms with Crippen LogP contribution in [-0.4, -0.2) is 18.8 Å². The normalized spacial score (nSPS) is 12.2. The molecule has 1 unspecified atom stereocenters. The minimum atomic E-state index is -0.0283. The molecular formula is C17H19ClO2. The number of aliphatic hydroxyl groups excluding tert-OH is 1. The Hall–Kier alpha value is -1.51. The van der Waals surface area contributed by atoms with Gasteiger partial charge in [-0.25, -0.2) is 0 Å². The van der Waals surface area contributed by atoms with Crippen LogP contribution in [0.25, 0.3) is 0 Å². The van der Waals surface area contributed by atoms with Crippen LogP contribution in [0, 0.1) is 6.92 Å². The summed E-state index contributed by atoms with van der Waals surface area (Å²) >= 11 is 6.23. The van der Waals surface area contributed by atoms with Gasteiger partial charge in [-0.15, -0.1) is 0 Å². The first-order valence-electron chi connectivity index (χ1n) is 6.64. The third-order valence-corrected chi connectivity index (χ3v) is 3.81. The van der Waals surface area contributed by atoms with Crippen molar-refractivity contribution in [1.82, 2.24) is 0 Å². The Kier molecular flexibility index (Phi) is 5.05.